The van der Waals surface area contributed by atoms with Crippen molar-refractivity contribution in [2.45, 2.75) is 19.4 Å². The van der Waals surface area contributed by atoms with Crippen LogP contribution in [0.4, 0.5) is 4.79 Å². The van der Waals surface area contributed by atoms with Gasteiger partial charge in [-0.15, -0.1) is 0 Å². The normalized spacial score (nSPS) is 12.0. The molecule has 19 heavy (non-hydrogen) atoms. The summed E-state index contributed by atoms with van der Waals surface area (Å²) in [6.45, 7) is 1.26. The highest BCUT2D eigenvalue weighted by Gasteiger charge is 2.20. The van der Waals surface area contributed by atoms with Gasteiger partial charge in [0, 0.05) is 6.04 Å². The number of aliphatic carboxylic acids is 2. The number of hydrogen-bond donors (Lipinski definition) is 3. The van der Waals surface area contributed by atoms with Gasteiger partial charge in [-0.2, -0.15) is 0 Å². The zero-order valence-electron chi connectivity index (χ0n) is 11.4. The number of nitrogens with zero attached hydrogens (tertiary/aromatic N) is 2. The van der Waals surface area contributed by atoms with Crippen molar-refractivity contribution in [3.63, 3.8) is 0 Å². The molecule has 0 aromatic carbocycles. The number of amides is 2. The monoisotopic (exact) mass is 275 g/mol. The molecule has 0 bridgehead atoms. The predicted molar refractivity (Wildman–Crippen MR) is 68.0 cm³/mol. The van der Waals surface area contributed by atoms with Gasteiger partial charge in [-0.1, -0.05) is 0 Å². The van der Waals surface area contributed by atoms with Gasteiger partial charge in [0.1, 0.15) is 13.1 Å². The molecule has 0 aliphatic rings. The van der Waals surface area contributed by atoms with Crippen LogP contribution in [-0.2, 0) is 9.59 Å². The number of urea groups is 1. The average molecular weight is 275 g/mol. The first-order valence-corrected chi connectivity index (χ1v) is 5.86. The van der Waals surface area contributed by atoms with Crippen LogP contribution in [0.5, 0.6) is 0 Å². The second-order valence-corrected chi connectivity index (χ2v) is 4.59. The van der Waals surface area contributed by atoms with Gasteiger partial charge in [0.15, 0.2) is 0 Å². The minimum atomic E-state index is -1.25. The highest BCUT2D eigenvalue weighted by molar-refractivity contribution is 5.84. The van der Waals surface area contributed by atoms with Gasteiger partial charge in [-0.05, 0) is 34.0 Å². The summed E-state index contributed by atoms with van der Waals surface area (Å²) in [5.74, 6) is -2.50. The molecule has 0 rings (SSSR count). The maximum absolute atomic E-state index is 11.7. The summed E-state index contributed by atoms with van der Waals surface area (Å²) < 4.78 is 0. The Morgan fingerprint density at radius 1 is 1.11 bits per heavy atom. The summed E-state index contributed by atoms with van der Waals surface area (Å²) in [7, 11) is 3.80. The lowest BCUT2D eigenvalue weighted by Crippen LogP contribution is -2.48. The zero-order valence-corrected chi connectivity index (χ0v) is 11.4. The molecule has 8 nitrogen and oxygen atoms in total. The van der Waals surface area contributed by atoms with Crippen LogP contribution in [0, 0.1) is 0 Å². The van der Waals surface area contributed by atoms with Crippen molar-refractivity contribution in [1.82, 2.24) is 15.1 Å². The summed E-state index contributed by atoms with van der Waals surface area (Å²) in [5, 5.41) is 19.8. The number of nitrogens with one attached hydrogen (secondary N) is 1. The maximum atomic E-state index is 11.7. The number of carbonyl (C=O) groups is 3. The van der Waals surface area contributed by atoms with Gasteiger partial charge < -0.3 is 25.3 Å². The highest BCUT2D eigenvalue weighted by Crippen LogP contribution is 1.96. The quantitative estimate of drug-likeness (QED) is 0.551. The third kappa shape index (κ3) is 8.83. The number of carboxylic acid groups (broad SMARTS) is 2. The molecule has 0 aliphatic carbocycles. The minimum Gasteiger partial charge on any atom is -0.480 e. The van der Waals surface area contributed by atoms with Crippen LogP contribution in [0.15, 0.2) is 0 Å². The van der Waals surface area contributed by atoms with Crippen LogP contribution in [0.3, 0.4) is 0 Å². The van der Waals surface area contributed by atoms with E-state index in [9.17, 15) is 14.4 Å². The van der Waals surface area contributed by atoms with E-state index in [2.05, 4.69) is 5.32 Å². The van der Waals surface area contributed by atoms with Crippen molar-refractivity contribution in [2.24, 2.45) is 0 Å². The average Bonchev–Trinajstić information content (AvgIpc) is 2.24. The third-order valence-corrected chi connectivity index (χ3v) is 2.32. The van der Waals surface area contributed by atoms with Gasteiger partial charge in [-0.25, -0.2) is 4.79 Å². The van der Waals surface area contributed by atoms with Gasteiger partial charge >= 0.3 is 18.0 Å². The van der Waals surface area contributed by atoms with E-state index in [0.717, 1.165) is 11.4 Å². The summed E-state index contributed by atoms with van der Waals surface area (Å²) >= 11 is 0. The smallest absolute Gasteiger partial charge is 0.323 e. The molecule has 0 aromatic heterocycles. The Morgan fingerprint density at radius 2 is 1.58 bits per heavy atom. The van der Waals surface area contributed by atoms with Crippen molar-refractivity contribution in [1.29, 1.82) is 0 Å². The molecule has 0 radical (unpaired) electrons. The van der Waals surface area contributed by atoms with Gasteiger partial charge in [-0.3, -0.25) is 9.59 Å². The summed E-state index contributed by atoms with van der Waals surface area (Å²) in [5.41, 5.74) is 0. The molecule has 3 N–H and O–H groups in total. The second kappa shape index (κ2) is 8.30. The van der Waals surface area contributed by atoms with E-state index >= 15 is 0 Å². The van der Waals surface area contributed by atoms with E-state index in [1.54, 1.807) is 6.92 Å². The summed E-state index contributed by atoms with van der Waals surface area (Å²) in [4.78, 5) is 35.6. The fourth-order valence-electron chi connectivity index (χ4n) is 1.35. The number of carboxylic acids is 2. The zero-order chi connectivity index (χ0) is 15.0. The molecule has 0 spiro atoms. The largest absolute Gasteiger partial charge is 0.480 e. The van der Waals surface area contributed by atoms with E-state index in [1.165, 1.54) is 0 Å². The number of carbonyl (C=O) groups excluding carboxylic acids is 1. The molecular weight excluding hydrogens is 254 g/mol. The lowest BCUT2D eigenvalue weighted by Gasteiger charge is -2.23. The topological polar surface area (TPSA) is 110 Å². The second-order valence-electron chi connectivity index (χ2n) is 4.59. The molecule has 2 amide bonds. The van der Waals surface area contributed by atoms with Crippen molar-refractivity contribution >= 4 is 18.0 Å². The van der Waals surface area contributed by atoms with Gasteiger partial charge in [0.2, 0.25) is 0 Å². The van der Waals surface area contributed by atoms with Crippen LogP contribution in [-0.4, -0.2) is 77.8 Å². The van der Waals surface area contributed by atoms with E-state index in [0.29, 0.717) is 6.42 Å². The lowest BCUT2D eigenvalue weighted by molar-refractivity contribution is -0.140. The van der Waals surface area contributed by atoms with Gasteiger partial charge in [0.25, 0.3) is 0 Å². The standard InChI is InChI=1S/C11H21N3O5/c1-8(4-5-13(2)3)12-11(19)14(6-9(15)16)7-10(17)18/h8H,4-7H2,1-3H3,(H,12,19)(H,15,16)(H,17,18). The molecule has 0 saturated carbocycles. The maximum Gasteiger partial charge on any atom is 0.323 e. The van der Waals surface area contributed by atoms with Crippen LogP contribution >= 0.6 is 0 Å². The summed E-state index contributed by atoms with van der Waals surface area (Å²) in [6, 6.07) is -0.851. The molecule has 0 heterocycles. The molecule has 0 aliphatic heterocycles. The first kappa shape index (κ1) is 17.2. The predicted octanol–water partition coefficient (Wildman–Crippen LogP) is -0.493. The fraction of sp³-hybridized carbons (Fsp3) is 0.727. The molecule has 0 saturated heterocycles. The molecule has 0 fully saturated rings. The van der Waals surface area contributed by atoms with E-state index in [4.69, 9.17) is 10.2 Å². The van der Waals surface area contributed by atoms with Crippen LogP contribution in [0.2, 0.25) is 0 Å². The molecule has 1 atom stereocenters. The number of hydrogen-bond acceptors (Lipinski definition) is 4. The van der Waals surface area contributed by atoms with Crippen molar-refractivity contribution in [3.05, 3.63) is 0 Å². The molecule has 8 heteroatoms. The van der Waals surface area contributed by atoms with E-state index in [-0.39, 0.29) is 6.04 Å². The first-order chi connectivity index (χ1) is 8.72. The Kier molecular flexibility index (Phi) is 7.50. The Bertz CT molecular complexity index is 316. The van der Waals surface area contributed by atoms with E-state index in [1.807, 2.05) is 19.0 Å². The van der Waals surface area contributed by atoms with Crippen LogP contribution in [0.1, 0.15) is 13.3 Å². The Labute approximate surface area is 112 Å². The SMILES string of the molecule is CC(CCN(C)C)NC(=O)N(CC(=O)O)CC(=O)O. The van der Waals surface area contributed by atoms with Crippen LogP contribution in [0.25, 0.3) is 0 Å². The highest BCUT2D eigenvalue weighted by atomic mass is 16.4. The van der Waals surface area contributed by atoms with Crippen molar-refractivity contribution < 1.29 is 24.6 Å². The summed E-state index contributed by atoms with van der Waals surface area (Å²) in [6.07, 6.45) is 0.687. The Hall–Kier alpha value is -1.83. The fourth-order valence-corrected chi connectivity index (χ4v) is 1.35. The molecular formula is C11H21N3O5. The molecule has 1 unspecified atom stereocenters. The lowest BCUT2D eigenvalue weighted by atomic mass is 10.2. The Balaban J connectivity index is 4.37. The van der Waals surface area contributed by atoms with Crippen molar-refractivity contribution in [3.8, 4) is 0 Å². The van der Waals surface area contributed by atoms with Crippen LogP contribution < -0.4 is 5.32 Å². The first-order valence-electron chi connectivity index (χ1n) is 5.86. The molecule has 0 aromatic rings. The Morgan fingerprint density at radius 3 is 1.95 bits per heavy atom. The van der Waals surface area contributed by atoms with Crippen molar-refractivity contribution in [2.75, 3.05) is 33.7 Å². The molecule has 110 valence electrons. The van der Waals surface area contributed by atoms with E-state index < -0.39 is 31.1 Å². The number of rotatable bonds is 8. The third-order valence-electron chi connectivity index (χ3n) is 2.32. The minimum absolute atomic E-state index is 0.167. The van der Waals surface area contributed by atoms with Gasteiger partial charge in [0.05, 0.1) is 0 Å².